The fourth-order valence-electron chi connectivity index (χ4n) is 14.2. The summed E-state index contributed by atoms with van der Waals surface area (Å²) >= 11 is 0. The fourth-order valence-corrected chi connectivity index (χ4v) is 15.7. The van der Waals surface area contributed by atoms with Crippen LogP contribution in [0.15, 0.2) is 36.4 Å². The van der Waals surface area contributed by atoms with Gasteiger partial charge in [-0.3, -0.25) is 4.79 Å². The molecule has 1 aromatic rings. The molecule has 7 rings (SSSR count). The van der Waals surface area contributed by atoms with E-state index in [0.717, 1.165) is 69.4 Å². The van der Waals surface area contributed by atoms with Crippen molar-refractivity contribution < 1.29 is 27.5 Å². The summed E-state index contributed by atoms with van der Waals surface area (Å²) in [4.78, 5) is 26.0. The number of hydrogen-bond donors (Lipinski definition) is 3. The monoisotopic (exact) mass is 750 g/mol. The summed E-state index contributed by atoms with van der Waals surface area (Å²) < 4.78 is 39.3. The van der Waals surface area contributed by atoms with E-state index in [1.807, 2.05) is 0 Å². The minimum absolute atomic E-state index is 0.0262. The lowest BCUT2D eigenvalue weighted by molar-refractivity contribution is -0.225. The Balaban J connectivity index is 1.12. The summed E-state index contributed by atoms with van der Waals surface area (Å²) in [5.74, 6) is 1.00. The Hall–Kier alpha value is -2.52. The zero-order chi connectivity index (χ0) is 38.4. The van der Waals surface area contributed by atoms with Crippen molar-refractivity contribution in [1.82, 2.24) is 10.6 Å². The van der Waals surface area contributed by atoms with Gasteiger partial charge in [0.2, 0.25) is 5.91 Å². The minimum atomic E-state index is -2.90. The molecule has 0 radical (unpaired) electrons. The van der Waals surface area contributed by atoms with Crippen LogP contribution in [0.4, 0.5) is 4.39 Å². The molecule has 1 aromatic carbocycles. The van der Waals surface area contributed by atoms with Crippen LogP contribution < -0.4 is 10.6 Å². The first kappa shape index (κ1) is 38.7. The number of benzene rings is 1. The number of sulfone groups is 1. The van der Waals surface area contributed by atoms with Gasteiger partial charge in [0, 0.05) is 24.7 Å². The second-order valence-corrected chi connectivity index (χ2v) is 21.8. The van der Waals surface area contributed by atoms with Gasteiger partial charge in [-0.05, 0) is 147 Å². The number of carboxylic acids is 1. The van der Waals surface area contributed by atoms with Crippen molar-refractivity contribution in [2.45, 2.75) is 118 Å². The van der Waals surface area contributed by atoms with Crippen molar-refractivity contribution >= 4 is 27.3 Å². The number of fused-ring (bicyclic) bond motifs is 7. The Morgan fingerprint density at radius 3 is 2.28 bits per heavy atom. The molecule has 9 atom stereocenters. The molecule has 1 heterocycles. The number of carbonyl (C=O) groups excluding carboxylic acids is 1. The average Bonchev–Trinajstić information content (AvgIpc) is 3.49. The molecule has 53 heavy (non-hydrogen) atoms. The van der Waals surface area contributed by atoms with Gasteiger partial charge in [0.15, 0.2) is 0 Å². The second-order valence-electron chi connectivity index (χ2n) is 19.5. The van der Waals surface area contributed by atoms with Gasteiger partial charge in [0.1, 0.15) is 15.7 Å². The standard InChI is InChI=1S/C44H63FN2O5S/c1-27(2)30-12-19-44(39(50)47-23-22-46-29-15-24-53(51,52)25-16-29)21-20-42(6)33(37(30)44)10-11-36-41(5)17-13-32(31-9-8-28(38(48)49)26-34(31)45)40(3,4)35(41)14-18-43(36,42)7/h8-9,13,26,29-30,33,35-37,46H,1,10-12,14-25H2,2-7H3,(H,47,50)(H,48,49)/t30-,33+,35-,36+,37+,41-,42+,43+,44-/m0/s1. The SMILES string of the molecule is C=C(C)[C@@H]1CC[C@]2(C(=O)NCCNC3CCS(=O)(=O)CC3)CC[C@]3(C)[C@H](CC[C@@H]4[C@@]5(C)CC=C(c6ccc(C(=O)O)cc6F)C(C)(C)[C@@H]5CC[C@]43C)[C@@H]12. The number of carbonyl (C=O) groups is 2. The van der Waals surface area contributed by atoms with E-state index in [-0.39, 0.29) is 62.0 Å². The first-order chi connectivity index (χ1) is 24.8. The Labute approximate surface area is 317 Å². The van der Waals surface area contributed by atoms with E-state index in [1.165, 1.54) is 11.6 Å². The zero-order valence-electron chi connectivity index (χ0n) is 33.0. The molecule has 6 aliphatic rings. The molecule has 5 fully saturated rings. The summed E-state index contributed by atoms with van der Waals surface area (Å²) in [6, 6.07) is 4.55. The maximum absolute atomic E-state index is 15.5. The number of carboxylic acid groups (broad SMARTS) is 1. The van der Waals surface area contributed by atoms with E-state index in [9.17, 15) is 23.1 Å². The highest BCUT2D eigenvalue weighted by Gasteiger charge is 2.71. The van der Waals surface area contributed by atoms with Gasteiger partial charge in [-0.1, -0.05) is 58.9 Å². The van der Waals surface area contributed by atoms with E-state index in [4.69, 9.17) is 0 Å². The molecule has 4 saturated carbocycles. The maximum Gasteiger partial charge on any atom is 0.335 e. The molecule has 0 bridgehead atoms. The molecular weight excluding hydrogens is 688 g/mol. The number of amides is 1. The quantitative estimate of drug-likeness (QED) is 0.182. The van der Waals surface area contributed by atoms with Crippen molar-refractivity contribution in [3.63, 3.8) is 0 Å². The third kappa shape index (κ3) is 5.99. The molecule has 0 aromatic heterocycles. The smallest absolute Gasteiger partial charge is 0.335 e. The third-order valence-corrected chi connectivity index (χ3v) is 18.7. The molecular formula is C44H63FN2O5S. The van der Waals surface area contributed by atoms with Crippen LogP contribution in [0, 0.1) is 62.5 Å². The first-order valence-electron chi connectivity index (χ1n) is 20.4. The van der Waals surface area contributed by atoms with Crippen LogP contribution >= 0.6 is 0 Å². The highest BCUT2D eigenvalue weighted by atomic mass is 32.2. The predicted octanol–water partition coefficient (Wildman–Crippen LogP) is 8.46. The van der Waals surface area contributed by atoms with Gasteiger partial charge in [0.05, 0.1) is 22.5 Å². The van der Waals surface area contributed by atoms with Crippen molar-refractivity contribution in [1.29, 1.82) is 0 Å². The molecule has 1 aliphatic heterocycles. The van der Waals surface area contributed by atoms with Gasteiger partial charge in [-0.15, -0.1) is 0 Å². The number of rotatable bonds is 8. The molecule has 9 heteroatoms. The van der Waals surface area contributed by atoms with Gasteiger partial charge < -0.3 is 15.7 Å². The average molecular weight is 751 g/mol. The normalized spacial score (nSPS) is 40.1. The lowest BCUT2D eigenvalue weighted by atomic mass is 9.32. The van der Waals surface area contributed by atoms with E-state index in [0.29, 0.717) is 55.2 Å². The Bertz CT molecular complexity index is 1810. The van der Waals surface area contributed by atoms with Gasteiger partial charge in [-0.25, -0.2) is 17.6 Å². The summed E-state index contributed by atoms with van der Waals surface area (Å²) in [7, 11) is -2.90. The Morgan fingerprint density at radius 1 is 0.906 bits per heavy atom. The molecule has 0 unspecified atom stereocenters. The number of allylic oxidation sites excluding steroid dienone is 3. The first-order valence-corrected chi connectivity index (χ1v) is 22.2. The van der Waals surface area contributed by atoms with Crippen LogP contribution in [0.3, 0.4) is 0 Å². The lowest BCUT2D eigenvalue weighted by Gasteiger charge is -2.72. The van der Waals surface area contributed by atoms with E-state index < -0.39 is 21.6 Å². The van der Waals surface area contributed by atoms with Gasteiger partial charge in [0.25, 0.3) is 0 Å². The van der Waals surface area contributed by atoms with Crippen LogP contribution in [0.25, 0.3) is 5.57 Å². The number of hydrogen-bond acceptors (Lipinski definition) is 5. The van der Waals surface area contributed by atoms with Crippen LogP contribution in [0.1, 0.15) is 128 Å². The lowest BCUT2D eigenvalue weighted by Crippen LogP contribution is -2.66. The van der Waals surface area contributed by atoms with Crippen LogP contribution in [0.5, 0.6) is 0 Å². The summed E-state index contributed by atoms with van der Waals surface area (Å²) in [6.45, 7) is 20.1. The summed E-state index contributed by atoms with van der Waals surface area (Å²) in [5, 5.41) is 16.3. The Kier molecular flexibility index (Phi) is 9.73. The van der Waals surface area contributed by atoms with Crippen molar-refractivity contribution in [3.05, 3.63) is 53.4 Å². The molecule has 5 aliphatic carbocycles. The summed E-state index contributed by atoms with van der Waals surface area (Å²) in [5.41, 5.74) is 2.26. The van der Waals surface area contributed by atoms with Crippen molar-refractivity contribution in [2.24, 2.45) is 56.7 Å². The van der Waals surface area contributed by atoms with Crippen molar-refractivity contribution in [2.75, 3.05) is 24.6 Å². The third-order valence-electron chi connectivity index (χ3n) is 17.0. The molecule has 3 N–H and O–H groups in total. The molecule has 1 saturated heterocycles. The number of nitrogens with one attached hydrogen (secondary N) is 2. The van der Waals surface area contributed by atoms with Gasteiger partial charge in [-0.2, -0.15) is 0 Å². The van der Waals surface area contributed by atoms with Crippen molar-refractivity contribution in [3.8, 4) is 0 Å². The fraction of sp³-hybridized carbons (Fsp3) is 0.727. The van der Waals surface area contributed by atoms with Crippen LogP contribution in [-0.4, -0.2) is 56.0 Å². The van der Waals surface area contributed by atoms with E-state index >= 15 is 4.39 Å². The topological polar surface area (TPSA) is 113 Å². The highest BCUT2D eigenvalue weighted by Crippen LogP contribution is 2.77. The maximum atomic E-state index is 15.5. The molecule has 292 valence electrons. The highest BCUT2D eigenvalue weighted by molar-refractivity contribution is 7.91. The number of aromatic carboxylic acids is 1. The van der Waals surface area contributed by atoms with Crippen LogP contribution in [0.2, 0.25) is 0 Å². The Morgan fingerprint density at radius 2 is 1.62 bits per heavy atom. The van der Waals surface area contributed by atoms with E-state index in [2.05, 4.69) is 64.8 Å². The van der Waals surface area contributed by atoms with Crippen LogP contribution in [-0.2, 0) is 14.6 Å². The minimum Gasteiger partial charge on any atom is -0.478 e. The van der Waals surface area contributed by atoms with E-state index in [1.54, 1.807) is 6.07 Å². The molecule has 1 amide bonds. The summed E-state index contributed by atoms with van der Waals surface area (Å²) in [6.07, 6.45) is 12.7. The second kappa shape index (κ2) is 13.3. The predicted molar refractivity (Wildman–Crippen MR) is 208 cm³/mol. The molecule has 0 spiro atoms. The molecule has 7 nitrogen and oxygen atoms in total. The van der Waals surface area contributed by atoms with Gasteiger partial charge >= 0.3 is 5.97 Å². The zero-order valence-corrected chi connectivity index (χ0v) is 33.8. The number of halogens is 1. The largest absolute Gasteiger partial charge is 0.478 e.